The molecule has 18 heavy (non-hydrogen) atoms. The van der Waals surface area contributed by atoms with Crippen LogP contribution in [0.1, 0.15) is 48.3 Å². The van der Waals surface area contributed by atoms with Crippen LogP contribution in [0.15, 0.2) is 41.0 Å². The minimum Gasteiger partial charge on any atom is -0.469 e. The zero-order valence-corrected chi connectivity index (χ0v) is 11.5. The number of aryl methyl sites for hydroxylation is 1. The molecule has 1 unspecified atom stereocenters. The van der Waals surface area contributed by atoms with Crippen molar-refractivity contribution in [3.05, 3.63) is 59.0 Å². The Morgan fingerprint density at radius 1 is 1.00 bits per heavy atom. The second-order valence-corrected chi connectivity index (χ2v) is 4.98. The smallest absolute Gasteiger partial charge is 0.105 e. The summed E-state index contributed by atoms with van der Waals surface area (Å²) in [6.45, 7) is 6.43. The van der Waals surface area contributed by atoms with E-state index in [1.807, 2.05) is 20.0 Å². The van der Waals surface area contributed by atoms with Crippen molar-refractivity contribution in [3.63, 3.8) is 0 Å². The van der Waals surface area contributed by atoms with Crippen LogP contribution in [0.3, 0.4) is 0 Å². The van der Waals surface area contributed by atoms with Gasteiger partial charge in [0.05, 0.1) is 12.3 Å². The van der Waals surface area contributed by atoms with Gasteiger partial charge in [0, 0.05) is 5.56 Å². The molecule has 0 radical (unpaired) electrons. The molecule has 0 amide bonds. The van der Waals surface area contributed by atoms with E-state index in [4.69, 9.17) is 4.42 Å². The molecule has 1 aromatic heterocycles. The summed E-state index contributed by atoms with van der Waals surface area (Å²) in [6, 6.07) is 11.0. The third-order valence-electron chi connectivity index (χ3n) is 3.44. The van der Waals surface area contributed by atoms with Gasteiger partial charge in [0.2, 0.25) is 0 Å². The lowest BCUT2D eigenvalue weighted by molar-refractivity contribution is 0.523. The van der Waals surface area contributed by atoms with Gasteiger partial charge in [-0.3, -0.25) is 0 Å². The highest BCUT2D eigenvalue weighted by molar-refractivity contribution is 5.35. The number of hydrogen-bond acceptors (Lipinski definition) is 2. The monoisotopic (exact) mass is 243 g/mol. The van der Waals surface area contributed by atoms with E-state index in [1.165, 1.54) is 16.7 Å². The van der Waals surface area contributed by atoms with Crippen molar-refractivity contribution >= 4 is 0 Å². The molecule has 2 nitrogen and oxygen atoms in total. The molecule has 0 aliphatic heterocycles. The number of benzene rings is 1. The lowest BCUT2D eigenvalue weighted by Crippen LogP contribution is -2.17. The number of furan rings is 1. The second kappa shape index (κ2) is 5.40. The van der Waals surface area contributed by atoms with E-state index in [0.717, 1.165) is 5.76 Å². The van der Waals surface area contributed by atoms with Gasteiger partial charge in [-0.25, -0.2) is 0 Å². The first-order chi connectivity index (χ1) is 8.63. The van der Waals surface area contributed by atoms with Crippen LogP contribution in [0.4, 0.5) is 0 Å². The molecule has 0 spiro atoms. The van der Waals surface area contributed by atoms with Gasteiger partial charge in [-0.2, -0.15) is 0 Å². The van der Waals surface area contributed by atoms with Crippen molar-refractivity contribution in [1.82, 2.24) is 5.32 Å². The molecule has 2 rings (SSSR count). The maximum absolute atomic E-state index is 5.39. The summed E-state index contributed by atoms with van der Waals surface area (Å²) in [6.07, 6.45) is 1.75. The Morgan fingerprint density at radius 3 is 2.06 bits per heavy atom. The lowest BCUT2D eigenvalue weighted by Gasteiger charge is -2.17. The van der Waals surface area contributed by atoms with E-state index in [9.17, 15) is 0 Å². The minimum atomic E-state index is 0.199. The van der Waals surface area contributed by atoms with Crippen LogP contribution in [-0.2, 0) is 0 Å². The predicted molar refractivity (Wildman–Crippen MR) is 74.9 cm³/mol. The van der Waals surface area contributed by atoms with E-state index < -0.39 is 0 Å². The molecule has 0 aliphatic rings. The maximum atomic E-state index is 5.39. The molecule has 0 saturated carbocycles. The largest absolute Gasteiger partial charge is 0.469 e. The van der Waals surface area contributed by atoms with Gasteiger partial charge in [-0.05, 0) is 37.1 Å². The fraction of sp³-hybridized carbons (Fsp3) is 0.375. The minimum absolute atomic E-state index is 0.199. The Labute approximate surface area is 109 Å². The molecular formula is C16H21NO. The zero-order valence-electron chi connectivity index (χ0n) is 11.5. The Morgan fingerprint density at radius 2 is 1.61 bits per heavy atom. The average Bonchev–Trinajstić information content (AvgIpc) is 2.78. The second-order valence-electron chi connectivity index (χ2n) is 4.98. The number of rotatable bonds is 4. The Kier molecular flexibility index (Phi) is 3.87. The first kappa shape index (κ1) is 12.9. The molecule has 2 heteroatoms. The maximum Gasteiger partial charge on any atom is 0.105 e. The lowest BCUT2D eigenvalue weighted by atomic mass is 9.95. The van der Waals surface area contributed by atoms with Crippen molar-refractivity contribution in [3.8, 4) is 0 Å². The molecule has 1 atom stereocenters. The van der Waals surface area contributed by atoms with E-state index >= 15 is 0 Å². The van der Waals surface area contributed by atoms with E-state index in [-0.39, 0.29) is 6.04 Å². The molecule has 0 saturated heterocycles. The molecular weight excluding hydrogens is 222 g/mol. The first-order valence-corrected chi connectivity index (χ1v) is 6.44. The molecule has 96 valence electrons. The standard InChI is InChI=1S/C16H21NO/c1-11(2)13-5-7-14(8-6-13)16(17-4)15-9-10-18-12(15)3/h5-11,16-17H,1-4H3. The molecule has 0 bridgehead atoms. The van der Waals surface area contributed by atoms with Crippen LogP contribution >= 0.6 is 0 Å². The SMILES string of the molecule is CNC(c1ccc(C(C)C)cc1)c1ccoc1C. The highest BCUT2D eigenvalue weighted by Crippen LogP contribution is 2.26. The summed E-state index contributed by atoms with van der Waals surface area (Å²) < 4.78 is 5.39. The van der Waals surface area contributed by atoms with Crippen molar-refractivity contribution in [2.75, 3.05) is 7.05 Å². The van der Waals surface area contributed by atoms with Gasteiger partial charge in [-0.15, -0.1) is 0 Å². The Hall–Kier alpha value is -1.54. The van der Waals surface area contributed by atoms with Gasteiger partial charge in [0.15, 0.2) is 0 Å². The van der Waals surface area contributed by atoms with Gasteiger partial charge >= 0.3 is 0 Å². The number of hydrogen-bond donors (Lipinski definition) is 1. The highest BCUT2D eigenvalue weighted by Gasteiger charge is 2.16. The van der Waals surface area contributed by atoms with Crippen LogP contribution in [0, 0.1) is 6.92 Å². The van der Waals surface area contributed by atoms with Gasteiger partial charge in [0.25, 0.3) is 0 Å². The zero-order chi connectivity index (χ0) is 13.1. The summed E-state index contributed by atoms with van der Waals surface area (Å²) in [5.41, 5.74) is 3.85. The van der Waals surface area contributed by atoms with Crippen LogP contribution in [0.2, 0.25) is 0 Å². The fourth-order valence-electron chi connectivity index (χ4n) is 2.27. The normalized spacial score (nSPS) is 12.9. The average molecular weight is 243 g/mol. The third-order valence-corrected chi connectivity index (χ3v) is 3.44. The molecule has 0 aliphatic carbocycles. The molecule has 0 fully saturated rings. The quantitative estimate of drug-likeness (QED) is 0.877. The van der Waals surface area contributed by atoms with Crippen molar-refractivity contribution in [1.29, 1.82) is 0 Å². The summed E-state index contributed by atoms with van der Waals surface area (Å²) in [5.74, 6) is 1.55. The Bertz CT molecular complexity index is 496. The molecule has 1 aromatic carbocycles. The fourth-order valence-corrected chi connectivity index (χ4v) is 2.27. The molecule has 2 aromatic rings. The highest BCUT2D eigenvalue weighted by atomic mass is 16.3. The summed E-state index contributed by atoms with van der Waals surface area (Å²) in [7, 11) is 1.98. The summed E-state index contributed by atoms with van der Waals surface area (Å²) in [5, 5.41) is 3.35. The molecule has 1 heterocycles. The van der Waals surface area contributed by atoms with Gasteiger partial charge in [-0.1, -0.05) is 38.1 Å². The number of nitrogens with one attached hydrogen (secondary N) is 1. The summed E-state index contributed by atoms with van der Waals surface area (Å²) in [4.78, 5) is 0. The summed E-state index contributed by atoms with van der Waals surface area (Å²) >= 11 is 0. The molecule has 1 N–H and O–H groups in total. The van der Waals surface area contributed by atoms with E-state index in [0.29, 0.717) is 5.92 Å². The van der Waals surface area contributed by atoms with Crippen molar-refractivity contribution in [2.45, 2.75) is 32.7 Å². The van der Waals surface area contributed by atoms with E-state index in [1.54, 1.807) is 6.26 Å². The van der Waals surface area contributed by atoms with Crippen LogP contribution in [-0.4, -0.2) is 7.05 Å². The van der Waals surface area contributed by atoms with Crippen LogP contribution < -0.4 is 5.32 Å². The van der Waals surface area contributed by atoms with Crippen LogP contribution in [0.25, 0.3) is 0 Å². The van der Waals surface area contributed by atoms with Crippen molar-refractivity contribution < 1.29 is 4.42 Å². The predicted octanol–water partition coefficient (Wildman–Crippen LogP) is 4.02. The van der Waals surface area contributed by atoms with Crippen molar-refractivity contribution in [2.24, 2.45) is 0 Å². The van der Waals surface area contributed by atoms with Gasteiger partial charge in [0.1, 0.15) is 5.76 Å². The third kappa shape index (κ3) is 2.49. The van der Waals surface area contributed by atoms with Gasteiger partial charge < -0.3 is 9.73 Å². The van der Waals surface area contributed by atoms with Crippen LogP contribution in [0.5, 0.6) is 0 Å². The van der Waals surface area contributed by atoms with E-state index in [2.05, 4.69) is 43.4 Å². The Balaban J connectivity index is 2.31. The first-order valence-electron chi connectivity index (χ1n) is 6.44. The topological polar surface area (TPSA) is 25.2 Å².